The fourth-order valence-electron chi connectivity index (χ4n) is 2.28. The summed E-state index contributed by atoms with van der Waals surface area (Å²) in [6, 6.07) is 10.6. The van der Waals surface area contributed by atoms with E-state index in [9.17, 15) is 4.79 Å². The van der Waals surface area contributed by atoms with Crippen molar-refractivity contribution in [3.63, 3.8) is 0 Å². The fraction of sp³-hybridized carbons (Fsp3) is 0.462. The van der Waals surface area contributed by atoms with Gasteiger partial charge in [-0.05, 0) is 25.5 Å². The summed E-state index contributed by atoms with van der Waals surface area (Å²) in [6.07, 6.45) is 0.770. The van der Waals surface area contributed by atoms with Crippen molar-refractivity contribution in [3.8, 4) is 0 Å². The zero-order valence-corrected chi connectivity index (χ0v) is 9.47. The van der Waals surface area contributed by atoms with Gasteiger partial charge in [0.2, 0.25) is 0 Å². The van der Waals surface area contributed by atoms with Crippen LogP contribution in [0.15, 0.2) is 30.3 Å². The largest absolute Gasteiger partial charge is 0.481 e. The molecule has 0 aliphatic carbocycles. The highest BCUT2D eigenvalue weighted by molar-refractivity contribution is 5.70. The van der Waals surface area contributed by atoms with Crippen molar-refractivity contribution in [2.75, 3.05) is 13.1 Å². The maximum absolute atomic E-state index is 10.9. The molecule has 1 fully saturated rings. The summed E-state index contributed by atoms with van der Waals surface area (Å²) in [5.41, 5.74) is 1.26. The Bertz CT molecular complexity index is 363. The number of carboxylic acids is 1. The van der Waals surface area contributed by atoms with Gasteiger partial charge >= 0.3 is 5.97 Å². The van der Waals surface area contributed by atoms with Gasteiger partial charge in [-0.2, -0.15) is 0 Å². The molecule has 1 aliphatic rings. The second-order valence-corrected chi connectivity index (χ2v) is 4.41. The molecule has 2 atom stereocenters. The lowest BCUT2D eigenvalue weighted by atomic mass is 10.1. The van der Waals surface area contributed by atoms with E-state index in [1.165, 1.54) is 5.56 Å². The van der Waals surface area contributed by atoms with E-state index >= 15 is 0 Å². The molecule has 0 saturated carbocycles. The Balaban J connectivity index is 2.02. The van der Waals surface area contributed by atoms with E-state index in [-0.39, 0.29) is 5.92 Å². The molecule has 1 N–H and O–H groups in total. The van der Waals surface area contributed by atoms with Crippen molar-refractivity contribution in [1.29, 1.82) is 0 Å². The van der Waals surface area contributed by atoms with Crippen LogP contribution in [-0.2, 0) is 4.79 Å². The number of aliphatic carboxylic acids is 1. The van der Waals surface area contributed by atoms with Crippen LogP contribution in [0.1, 0.15) is 24.9 Å². The van der Waals surface area contributed by atoms with Crippen molar-refractivity contribution in [2.24, 2.45) is 5.92 Å². The summed E-state index contributed by atoms with van der Waals surface area (Å²) in [5, 5.41) is 8.96. The number of hydrogen-bond donors (Lipinski definition) is 1. The van der Waals surface area contributed by atoms with Crippen LogP contribution in [0.3, 0.4) is 0 Å². The summed E-state index contributed by atoms with van der Waals surface area (Å²) in [7, 11) is 0. The minimum atomic E-state index is -0.664. The Hall–Kier alpha value is -1.35. The molecule has 86 valence electrons. The van der Waals surface area contributed by atoms with E-state index in [2.05, 4.69) is 24.0 Å². The first kappa shape index (κ1) is 11.1. The molecule has 0 bridgehead atoms. The molecule has 16 heavy (non-hydrogen) atoms. The van der Waals surface area contributed by atoms with Gasteiger partial charge in [0.1, 0.15) is 0 Å². The number of hydrogen-bond acceptors (Lipinski definition) is 2. The molecule has 0 radical (unpaired) electrons. The van der Waals surface area contributed by atoms with Crippen LogP contribution in [0.2, 0.25) is 0 Å². The van der Waals surface area contributed by atoms with E-state index in [0.717, 1.165) is 13.0 Å². The van der Waals surface area contributed by atoms with Gasteiger partial charge in [0.25, 0.3) is 0 Å². The van der Waals surface area contributed by atoms with Crippen molar-refractivity contribution >= 4 is 5.97 Å². The number of nitrogens with zero attached hydrogens (tertiary/aromatic N) is 1. The maximum atomic E-state index is 10.9. The predicted molar refractivity (Wildman–Crippen MR) is 62.2 cm³/mol. The Labute approximate surface area is 95.7 Å². The summed E-state index contributed by atoms with van der Waals surface area (Å²) < 4.78 is 0. The molecule has 3 nitrogen and oxygen atoms in total. The molecule has 1 heterocycles. The molecule has 1 aromatic carbocycles. The topological polar surface area (TPSA) is 40.5 Å². The molecule has 0 aromatic heterocycles. The zero-order valence-electron chi connectivity index (χ0n) is 9.47. The van der Waals surface area contributed by atoms with Gasteiger partial charge in [-0.15, -0.1) is 0 Å². The third-order valence-electron chi connectivity index (χ3n) is 3.40. The number of likely N-dealkylation sites (tertiary alicyclic amines) is 1. The van der Waals surface area contributed by atoms with E-state index in [1.54, 1.807) is 0 Å². The molecule has 1 saturated heterocycles. The van der Waals surface area contributed by atoms with E-state index in [4.69, 9.17) is 5.11 Å². The Kier molecular flexibility index (Phi) is 3.25. The number of carboxylic acid groups (broad SMARTS) is 1. The molecule has 0 amide bonds. The SMILES string of the molecule is C[C@H](c1ccccc1)N1CC[C@@H](C(=O)O)C1. The standard InChI is InChI=1S/C13H17NO2/c1-10(11-5-3-2-4-6-11)14-8-7-12(9-14)13(15)16/h2-6,10,12H,7-9H2,1H3,(H,15,16)/t10-,12-/m1/s1. The van der Waals surface area contributed by atoms with Crippen molar-refractivity contribution < 1.29 is 9.90 Å². The van der Waals surface area contributed by atoms with Crippen LogP contribution in [0, 0.1) is 5.92 Å². The first-order valence-corrected chi connectivity index (χ1v) is 5.70. The zero-order chi connectivity index (χ0) is 11.5. The second-order valence-electron chi connectivity index (χ2n) is 4.41. The molecule has 3 heteroatoms. The Morgan fingerprint density at radius 1 is 1.44 bits per heavy atom. The molecule has 2 rings (SSSR count). The first-order valence-electron chi connectivity index (χ1n) is 5.70. The van der Waals surface area contributed by atoms with Crippen LogP contribution >= 0.6 is 0 Å². The van der Waals surface area contributed by atoms with Gasteiger partial charge in [0.05, 0.1) is 5.92 Å². The first-order chi connectivity index (χ1) is 7.68. The molecular weight excluding hydrogens is 202 g/mol. The quantitative estimate of drug-likeness (QED) is 0.846. The number of carbonyl (C=O) groups is 1. The lowest BCUT2D eigenvalue weighted by molar-refractivity contribution is -0.141. The van der Waals surface area contributed by atoms with E-state index < -0.39 is 5.97 Å². The van der Waals surface area contributed by atoms with Crippen molar-refractivity contribution in [1.82, 2.24) is 4.90 Å². The minimum Gasteiger partial charge on any atom is -0.481 e. The summed E-state index contributed by atoms with van der Waals surface area (Å²) in [4.78, 5) is 13.1. The third kappa shape index (κ3) is 2.25. The van der Waals surface area contributed by atoms with E-state index in [0.29, 0.717) is 12.6 Å². The van der Waals surface area contributed by atoms with Crippen LogP contribution in [0.4, 0.5) is 0 Å². The molecule has 1 aromatic rings. The molecule has 0 unspecified atom stereocenters. The fourth-order valence-corrected chi connectivity index (χ4v) is 2.28. The average molecular weight is 219 g/mol. The molecule has 1 aliphatic heterocycles. The summed E-state index contributed by atoms with van der Waals surface area (Å²) in [6.45, 7) is 3.69. The Morgan fingerprint density at radius 3 is 2.69 bits per heavy atom. The highest BCUT2D eigenvalue weighted by Gasteiger charge is 2.30. The van der Waals surface area contributed by atoms with Gasteiger partial charge in [-0.25, -0.2) is 0 Å². The summed E-state index contributed by atoms with van der Waals surface area (Å²) >= 11 is 0. The average Bonchev–Trinajstić information content (AvgIpc) is 2.78. The highest BCUT2D eigenvalue weighted by atomic mass is 16.4. The van der Waals surface area contributed by atoms with Crippen LogP contribution in [-0.4, -0.2) is 29.1 Å². The Morgan fingerprint density at radius 2 is 2.12 bits per heavy atom. The van der Waals surface area contributed by atoms with Gasteiger partial charge in [0.15, 0.2) is 0 Å². The smallest absolute Gasteiger partial charge is 0.307 e. The van der Waals surface area contributed by atoms with Crippen LogP contribution in [0.5, 0.6) is 0 Å². The summed E-state index contributed by atoms with van der Waals surface area (Å²) in [5.74, 6) is -0.853. The molecular formula is C13H17NO2. The number of benzene rings is 1. The third-order valence-corrected chi connectivity index (χ3v) is 3.40. The second kappa shape index (κ2) is 4.66. The van der Waals surface area contributed by atoms with Crippen LogP contribution in [0.25, 0.3) is 0 Å². The number of rotatable bonds is 3. The normalized spacial score (nSPS) is 23.2. The minimum absolute atomic E-state index is 0.189. The molecule has 0 spiro atoms. The lowest BCUT2D eigenvalue weighted by Crippen LogP contribution is -2.26. The van der Waals surface area contributed by atoms with E-state index in [1.807, 2.05) is 18.2 Å². The highest BCUT2D eigenvalue weighted by Crippen LogP contribution is 2.27. The predicted octanol–water partition coefficient (Wildman–Crippen LogP) is 2.15. The maximum Gasteiger partial charge on any atom is 0.307 e. The van der Waals surface area contributed by atoms with Crippen LogP contribution < -0.4 is 0 Å². The monoisotopic (exact) mass is 219 g/mol. The van der Waals surface area contributed by atoms with Gasteiger partial charge in [0, 0.05) is 12.6 Å². The van der Waals surface area contributed by atoms with Crippen molar-refractivity contribution in [3.05, 3.63) is 35.9 Å². The van der Waals surface area contributed by atoms with Crippen molar-refractivity contribution in [2.45, 2.75) is 19.4 Å². The van der Waals surface area contributed by atoms with Gasteiger partial charge in [-0.1, -0.05) is 30.3 Å². The van der Waals surface area contributed by atoms with Gasteiger partial charge in [-0.3, -0.25) is 9.69 Å². The lowest BCUT2D eigenvalue weighted by Gasteiger charge is -2.24. The van der Waals surface area contributed by atoms with Gasteiger partial charge < -0.3 is 5.11 Å².